The van der Waals surface area contributed by atoms with Crippen LogP contribution in [0.25, 0.3) is 12.7 Å². The van der Waals surface area contributed by atoms with E-state index in [1.165, 1.54) is 5.56 Å². The average molecular weight is 338 g/mol. The Morgan fingerprint density at radius 1 is 1.21 bits per heavy atom. The number of ether oxygens (including phenoxy) is 1. The molecular formula is C19H18N2O2S. The van der Waals surface area contributed by atoms with Gasteiger partial charge in [-0.05, 0) is 60.1 Å². The maximum atomic E-state index is 5.71. The SMILES string of the molecule is C=c1/c(=C\c2ccc(OC)cc2)oc(=S)n1CCc1ccncc1. The fourth-order valence-corrected chi connectivity index (χ4v) is 2.72. The van der Waals surface area contributed by atoms with Crippen LogP contribution >= 0.6 is 12.2 Å². The second-order valence-corrected chi connectivity index (χ2v) is 5.70. The molecule has 0 fully saturated rings. The number of oxazole rings is 1. The number of hydrogen-bond donors (Lipinski definition) is 0. The number of nitrogens with zero attached hydrogens (tertiary/aromatic N) is 2. The molecule has 24 heavy (non-hydrogen) atoms. The van der Waals surface area contributed by atoms with Gasteiger partial charge >= 0.3 is 0 Å². The first-order valence-corrected chi connectivity index (χ1v) is 8.01. The minimum Gasteiger partial charge on any atom is -0.497 e. The van der Waals surface area contributed by atoms with Gasteiger partial charge in [-0.25, -0.2) is 0 Å². The summed E-state index contributed by atoms with van der Waals surface area (Å²) < 4.78 is 12.8. The molecule has 122 valence electrons. The Balaban J connectivity index is 1.87. The second-order valence-electron chi connectivity index (χ2n) is 5.35. The molecule has 0 atom stereocenters. The number of hydrogen-bond acceptors (Lipinski definition) is 4. The summed E-state index contributed by atoms with van der Waals surface area (Å²) in [4.78, 5) is 4.47. The van der Waals surface area contributed by atoms with Crippen molar-refractivity contribution in [3.05, 3.63) is 75.5 Å². The van der Waals surface area contributed by atoms with Crippen molar-refractivity contribution in [2.45, 2.75) is 13.0 Å². The van der Waals surface area contributed by atoms with Crippen LogP contribution in [0.5, 0.6) is 5.75 Å². The van der Waals surface area contributed by atoms with E-state index in [0.717, 1.165) is 29.6 Å². The van der Waals surface area contributed by atoms with E-state index in [0.29, 0.717) is 10.3 Å². The third-order valence-corrected chi connectivity index (χ3v) is 4.12. The highest BCUT2D eigenvalue weighted by molar-refractivity contribution is 7.71. The van der Waals surface area contributed by atoms with E-state index in [-0.39, 0.29) is 0 Å². The van der Waals surface area contributed by atoms with Crippen LogP contribution in [0.1, 0.15) is 11.1 Å². The highest BCUT2D eigenvalue weighted by Crippen LogP contribution is 2.11. The molecule has 0 aliphatic heterocycles. The fraction of sp³-hybridized carbons (Fsp3) is 0.158. The molecule has 3 aromatic rings. The van der Waals surface area contributed by atoms with Gasteiger partial charge in [0.2, 0.25) is 0 Å². The third kappa shape index (κ3) is 3.63. The van der Waals surface area contributed by atoms with Crippen LogP contribution in [0.15, 0.2) is 53.2 Å². The number of benzene rings is 1. The van der Waals surface area contributed by atoms with Gasteiger partial charge in [0.15, 0.2) is 5.42 Å². The predicted octanol–water partition coefficient (Wildman–Crippen LogP) is 2.70. The molecule has 0 amide bonds. The zero-order valence-corrected chi connectivity index (χ0v) is 14.3. The first-order chi connectivity index (χ1) is 11.7. The van der Waals surface area contributed by atoms with Crippen LogP contribution < -0.4 is 15.5 Å². The molecule has 0 spiro atoms. The molecule has 5 heteroatoms. The summed E-state index contributed by atoms with van der Waals surface area (Å²) in [7, 11) is 1.65. The van der Waals surface area contributed by atoms with Gasteiger partial charge in [-0.3, -0.25) is 9.55 Å². The second kappa shape index (κ2) is 7.27. The Labute approximate surface area is 145 Å². The summed E-state index contributed by atoms with van der Waals surface area (Å²) in [6, 6.07) is 11.7. The highest BCUT2D eigenvalue weighted by atomic mass is 32.1. The van der Waals surface area contributed by atoms with Gasteiger partial charge < -0.3 is 9.15 Å². The average Bonchev–Trinajstić information content (AvgIpc) is 2.88. The van der Waals surface area contributed by atoms with Gasteiger partial charge in [0.05, 0.1) is 12.5 Å². The van der Waals surface area contributed by atoms with Crippen LogP contribution in [-0.2, 0) is 13.0 Å². The standard InChI is InChI=1S/C19H18N2O2S/c1-14-18(13-16-3-5-17(22-2)6-4-16)23-19(24)21(14)12-9-15-7-10-20-11-8-15/h3-8,10-11,13H,1,9,12H2,2H3/b18-13+. The first-order valence-electron chi connectivity index (χ1n) is 7.60. The Kier molecular flexibility index (Phi) is 4.91. The summed E-state index contributed by atoms with van der Waals surface area (Å²) in [5.74, 6) is 0.817. The molecular weight excluding hydrogens is 320 g/mol. The number of rotatable bonds is 5. The van der Waals surface area contributed by atoms with Crippen LogP contribution in [0.3, 0.4) is 0 Å². The van der Waals surface area contributed by atoms with Gasteiger partial charge in [-0.1, -0.05) is 18.7 Å². The Hall–Kier alpha value is -2.66. The van der Waals surface area contributed by atoms with Crippen molar-refractivity contribution in [2.75, 3.05) is 7.11 Å². The third-order valence-electron chi connectivity index (χ3n) is 3.81. The molecule has 2 aromatic heterocycles. The largest absolute Gasteiger partial charge is 0.497 e. The maximum Gasteiger partial charge on any atom is 0.269 e. The minimum absolute atomic E-state index is 0.439. The van der Waals surface area contributed by atoms with E-state index >= 15 is 0 Å². The van der Waals surface area contributed by atoms with Gasteiger partial charge in [0.1, 0.15) is 5.75 Å². The number of aryl methyl sites for hydroxylation is 1. The van der Waals surface area contributed by atoms with Gasteiger partial charge in [-0.15, -0.1) is 0 Å². The summed E-state index contributed by atoms with van der Waals surface area (Å²) in [5.41, 5.74) is 2.89. The number of pyridine rings is 1. The fourth-order valence-electron chi connectivity index (χ4n) is 2.43. The van der Waals surface area contributed by atoms with Crippen molar-refractivity contribution >= 4 is 24.9 Å². The smallest absolute Gasteiger partial charge is 0.269 e. The molecule has 1 aromatic carbocycles. The van der Waals surface area contributed by atoms with Crippen molar-refractivity contribution in [1.82, 2.24) is 9.55 Å². The van der Waals surface area contributed by atoms with Crippen molar-refractivity contribution in [3.8, 4) is 5.75 Å². The van der Waals surface area contributed by atoms with E-state index in [9.17, 15) is 0 Å². The lowest BCUT2D eigenvalue weighted by Gasteiger charge is -2.01. The molecule has 0 unspecified atom stereocenters. The van der Waals surface area contributed by atoms with E-state index in [1.54, 1.807) is 19.5 Å². The monoisotopic (exact) mass is 338 g/mol. The normalized spacial score (nSPS) is 11.6. The number of aromatic nitrogens is 2. The van der Waals surface area contributed by atoms with Crippen molar-refractivity contribution in [1.29, 1.82) is 0 Å². The van der Waals surface area contributed by atoms with E-state index in [4.69, 9.17) is 21.4 Å². The first kappa shape index (κ1) is 16.2. The lowest BCUT2D eigenvalue weighted by atomic mass is 10.2. The maximum absolute atomic E-state index is 5.71. The van der Waals surface area contributed by atoms with Gasteiger partial charge in [0, 0.05) is 18.9 Å². The highest BCUT2D eigenvalue weighted by Gasteiger charge is 2.02. The molecule has 0 bridgehead atoms. The summed E-state index contributed by atoms with van der Waals surface area (Å²) >= 11 is 5.34. The molecule has 0 saturated carbocycles. The zero-order valence-electron chi connectivity index (χ0n) is 13.4. The van der Waals surface area contributed by atoms with E-state index in [1.807, 2.05) is 47.0 Å². The predicted molar refractivity (Wildman–Crippen MR) is 96.8 cm³/mol. The van der Waals surface area contributed by atoms with Crippen LogP contribution in [0, 0.1) is 4.84 Å². The lowest BCUT2D eigenvalue weighted by Crippen LogP contribution is -2.28. The Morgan fingerprint density at radius 2 is 1.92 bits per heavy atom. The zero-order chi connectivity index (χ0) is 16.9. The van der Waals surface area contributed by atoms with Crippen LogP contribution in [0.2, 0.25) is 0 Å². The quantitative estimate of drug-likeness (QED) is 0.671. The van der Waals surface area contributed by atoms with Crippen LogP contribution in [0.4, 0.5) is 0 Å². The van der Waals surface area contributed by atoms with Crippen molar-refractivity contribution in [3.63, 3.8) is 0 Å². The minimum atomic E-state index is 0.439. The molecule has 0 N–H and O–H groups in total. The molecule has 4 nitrogen and oxygen atoms in total. The van der Waals surface area contributed by atoms with Gasteiger partial charge in [-0.2, -0.15) is 0 Å². The molecule has 3 rings (SSSR count). The molecule has 2 heterocycles. The van der Waals surface area contributed by atoms with Crippen LogP contribution in [-0.4, -0.2) is 16.7 Å². The molecule has 0 aliphatic carbocycles. The summed E-state index contributed by atoms with van der Waals surface area (Å²) in [6.07, 6.45) is 6.36. The summed E-state index contributed by atoms with van der Waals surface area (Å²) in [5, 5.41) is 0.782. The van der Waals surface area contributed by atoms with Gasteiger partial charge in [0.25, 0.3) is 4.84 Å². The Bertz CT molecular complexity index is 973. The summed E-state index contributed by atoms with van der Waals surface area (Å²) in [6.45, 7) is 4.84. The number of methoxy groups -OCH3 is 1. The van der Waals surface area contributed by atoms with Crippen molar-refractivity contribution in [2.24, 2.45) is 0 Å². The molecule has 0 saturated heterocycles. The Morgan fingerprint density at radius 3 is 2.58 bits per heavy atom. The van der Waals surface area contributed by atoms with Crippen molar-refractivity contribution < 1.29 is 9.15 Å². The van der Waals surface area contributed by atoms with E-state index in [2.05, 4.69) is 11.6 Å². The lowest BCUT2D eigenvalue weighted by molar-refractivity contribution is 0.415. The topological polar surface area (TPSA) is 40.2 Å². The van der Waals surface area contributed by atoms with E-state index < -0.39 is 0 Å². The molecule has 0 aliphatic rings. The molecule has 0 radical (unpaired) electrons.